The van der Waals surface area contributed by atoms with Gasteiger partial charge in [0.1, 0.15) is 5.75 Å². The number of benzene rings is 1. The molecule has 0 radical (unpaired) electrons. The first-order valence-electron chi connectivity index (χ1n) is 5.49. The zero-order valence-electron chi connectivity index (χ0n) is 9.72. The maximum Gasteiger partial charge on any atom is 0.118 e. The standard InChI is InChI=1S/C13H15NO2S/c1-16-12-4-2-10(3-5-12)8-13-14-11(6-7-15)9-17-13/h2-5,9,15H,6-8H2,1H3. The first kappa shape index (κ1) is 12.1. The maximum atomic E-state index is 8.83. The van der Waals surface area contributed by atoms with Crippen LogP contribution >= 0.6 is 11.3 Å². The summed E-state index contributed by atoms with van der Waals surface area (Å²) in [5.41, 5.74) is 2.19. The van der Waals surface area contributed by atoms with Gasteiger partial charge in [0.05, 0.1) is 17.8 Å². The number of nitrogens with zero attached hydrogens (tertiary/aromatic N) is 1. The Hall–Kier alpha value is -1.39. The molecule has 1 N–H and O–H groups in total. The molecule has 3 nitrogen and oxygen atoms in total. The minimum Gasteiger partial charge on any atom is -0.497 e. The first-order chi connectivity index (χ1) is 8.31. The Balaban J connectivity index is 2.03. The van der Waals surface area contributed by atoms with Crippen LogP contribution in [-0.2, 0) is 12.8 Å². The van der Waals surface area contributed by atoms with Crippen molar-refractivity contribution >= 4 is 11.3 Å². The Morgan fingerprint density at radius 3 is 2.71 bits per heavy atom. The summed E-state index contributed by atoms with van der Waals surface area (Å²) in [7, 11) is 1.66. The van der Waals surface area contributed by atoms with Crippen molar-refractivity contribution in [2.45, 2.75) is 12.8 Å². The van der Waals surface area contributed by atoms with E-state index in [0.29, 0.717) is 6.42 Å². The largest absolute Gasteiger partial charge is 0.497 e. The smallest absolute Gasteiger partial charge is 0.118 e. The lowest BCUT2D eigenvalue weighted by atomic mass is 10.1. The van der Waals surface area contributed by atoms with Crippen LogP contribution in [0.5, 0.6) is 5.75 Å². The highest BCUT2D eigenvalue weighted by atomic mass is 32.1. The number of aliphatic hydroxyl groups excluding tert-OH is 1. The van der Waals surface area contributed by atoms with E-state index in [9.17, 15) is 0 Å². The van der Waals surface area contributed by atoms with Gasteiger partial charge in [-0.1, -0.05) is 12.1 Å². The van der Waals surface area contributed by atoms with E-state index in [-0.39, 0.29) is 6.61 Å². The van der Waals surface area contributed by atoms with Crippen molar-refractivity contribution in [3.05, 3.63) is 45.9 Å². The molecule has 0 fully saturated rings. The van der Waals surface area contributed by atoms with Gasteiger partial charge in [0.15, 0.2) is 0 Å². The van der Waals surface area contributed by atoms with E-state index in [1.54, 1.807) is 18.4 Å². The molecule has 0 saturated heterocycles. The number of ether oxygens (including phenoxy) is 1. The molecule has 0 saturated carbocycles. The molecule has 1 aromatic carbocycles. The molecule has 0 aliphatic carbocycles. The second-order valence-electron chi connectivity index (χ2n) is 3.73. The average Bonchev–Trinajstić information content (AvgIpc) is 2.78. The Labute approximate surface area is 105 Å². The van der Waals surface area contributed by atoms with Crippen molar-refractivity contribution in [1.29, 1.82) is 0 Å². The summed E-state index contributed by atoms with van der Waals surface area (Å²) in [6.45, 7) is 0.158. The van der Waals surface area contributed by atoms with Crippen molar-refractivity contribution < 1.29 is 9.84 Å². The van der Waals surface area contributed by atoms with E-state index < -0.39 is 0 Å². The molecule has 2 rings (SSSR count). The van der Waals surface area contributed by atoms with Gasteiger partial charge in [0.2, 0.25) is 0 Å². The second-order valence-corrected chi connectivity index (χ2v) is 4.67. The minimum atomic E-state index is 0.158. The molecule has 1 aromatic heterocycles. The van der Waals surface area contributed by atoms with Crippen LogP contribution in [-0.4, -0.2) is 23.8 Å². The summed E-state index contributed by atoms with van der Waals surface area (Å²) >= 11 is 1.64. The van der Waals surface area contributed by atoms with Crippen LogP contribution in [0.15, 0.2) is 29.6 Å². The summed E-state index contributed by atoms with van der Waals surface area (Å²) in [6.07, 6.45) is 1.47. The molecule has 0 aliphatic heterocycles. The minimum absolute atomic E-state index is 0.158. The molecule has 0 bridgehead atoms. The van der Waals surface area contributed by atoms with E-state index in [2.05, 4.69) is 4.98 Å². The quantitative estimate of drug-likeness (QED) is 0.884. The zero-order valence-corrected chi connectivity index (χ0v) is 10.5. The zero-order chi connectivity index (χ0) is 12.1. The molecule has 1 heterocycles. The predicted octanol–water partition coefficient (Wildman–Crippen LogP) is 2.28. The molecular weight excluding hydrogens is 234 g/mol. The Morgan fingerprint density at radius 1 is 1.29 bits per heavy atom. The van der Waals surface area contributed by atoms with E-state index in [4.69, 9.17) is 9.84 Å². The Kier molecular flexibility index (Phi) is 4.12. The van der Waals surface area contributed by atoms with E-state index in [1.807, 2.05) is 29.6 Å². The SMILES string of the molecule is COc1ccc(Cc2nc(CCO)cs2)cc1. The van der Waals surface area contributed by atoms with Crippen LogP contribution in [0.4, 0.5) is 0 Å². The fourth-order valence-electron chi connectivity index (χ4n) is 1.58. The van der Waals surface area contributed by atoms with E-state index >= 15 is 0 Å². The van der Waals surface area contributed by atoms with Gasteiger partial charge in [-0.3, -0.25) is 0 Å². The lowest BCUT2D eigenvalue weighted by molar-refractivity contribution is 0.298. The second kappa shape index (κ2) is 5.80. The van der Waals surface area contributed by atoms with E-state index in [1.165, 1.54) is 5.56 Å². The fourth-order valence-corrected chi connectivity index (χ4v) is 2.44. The highest BCUT2D eigenvalue weighted by molar-refractivity contribution is 7.09. The molecule has 0 spiro atoms. The van der Waals surface area contributed by atoms with Gasteiger partial charge >= 0.3 is 0 Å². The molecule has 0 unspecified atom stereocenters. The number of methoxy groups -OCH3 is 1. The van der Waals surface area contributed by atoms with Gasteiger partial charge in [-0.15, -0.1) is 11.3 Å². The summed E-state index contributed by atoms with van der Waals surface area (Å²) in [5.74, 6) is 0.869. The Morgan fingerprint density at radius 2 is 2.06 bits per heavy atom. The average molecular weight is 249 g/mol. The van der Waals surface area contributed by atoms with Crippen LogP contribution in [0.2, 0.25) is 0 Å². The molecular formula is C13H15NO2S. The third kappa shape index (κ3) is 3.28. The third-order valence-corrected chi connectivity index (χ3v) is 3.38. The number of aromatic nitrogens is 1. The van der Waals surface area contributed by atoms with Crippen LogP contribution in [0.1, 0.15) is 16.3 Å². The summed E-state index contributed by atoms with van der Waals surface area (Å²) in [5, 5.41) is 11.9. The monoisotopic (exact) mass is 249 g/mol. The topological polar surface area (TPSA) is 42.4 Å². The van der Waals surface area contributed by atoms with Crippen molar-refractivity contribution in [2.24, 2.45) is 0 Å². The van der Waals surface area contributed by atoms with Crippen molar-refractivity contribution in [3.8, 4) is 5.75 Å². The normalized spacial score (nSPS) is 10.5. The predicted molar refractivity (Wildman–Crippen MR) is 68.7 cm³/mol. The first-order valence-corrected chi connectivity index (χ1v) is 6.37. The summed E-state index contributed by atoms with van der Waals surface area (Å²) in [6, 6.07) is 8.01. The fraction of sp³-hybridized carbons (Fsp3) is 0.308. The van der Waals surface area contributed by atoms with E-state index in [0.717, 1.165) is 22.9 Å². The van der Waals surface area contributed by atoms with Gasteiger partial charge in [-0.05, 0) is 17.7 Å². The number of hydrogen-bond acceptors (Lipinski definition) is 4. The number of hydrogen-bond donors (Lipinski definition) is 1. The van der Waals surface area contributed by atoms with Crippen LogP contribution in [0, 0.1) is 0 Å². The van der Waals surface area contributed by atoms with Gasteiger partial charge in [-0.2, -0.15) is 0 Å². The van der Waals surface area contributed by atoms with Crippen LogP contribution in [0.25, 0.3) is 0 Å². The molecule has 90 valence electrons. The van der Waals surface area contributed by atoms with Gasteiger partial charge < -0.3 is 9.84 Å². The molecule has 4 heteroatoms. The van der Waals surface area contributed by atoms with Crippen molar-refractivity contribution in [3.63, 3.8) is 0 Å². The Bertz CT molecular complexity index is 465. The highest BCUT2D eigenvalue weighted by Crippen LogP contribution is 2.17. The van der Waals surface area contributed by atoms with Crippen LogP contribution in [0.3, 0.4) is 0 Å². The molecule has 17 heavy (non-hydrogen) atoms. The van der Waals surface area contributed by atoms with Gasteiger partial charge in [0.25, 0.3) is 0 Å². The van der Waals surface area contributed by atoms with Gasteiger partial charge in [0, 0.05) is 24.8 Å². The van der Waals surface area contributed by atoms with Gasteiger partial charge in [-0.25, -0.2) is 4.98 Å². The van der Waals surface area contributed by atoms with Crippen molar-refractivity contribution in [2.75, 3.05) is 13.7 Å². The summed E-state index contributed by atoms with van der Waals surface area (Å²) < 4.78 is 5.11. The molecule has 0 atom stereocenters. The molecule has 0 amide bonds. The number of rotatable bonds is 5. The maximum absolute atomic E-state index is 8.83. The highest BCUT2D eigenvalue weighted by Gasteiger charge is 2.03. The summed E-state index contributed by atoms with van der Waals surface area (Å²) in [4.78, 5) is 4.47. The lowest BCUT2D eigenvalue weighted by Crippen LogP contribution is -1.92. The lowest BCUT2D eigenvalue weighted by Gasteiger charge is -2.01. The molecule has 0 aliphatic rings. The number of aliphatic hydroxyl groups is 1. The number of thiazole rings is 1. The molecule has 2 aromatic rings. The van der Waals surface area contributed by atoms with Crippen LogP contribution < -0.4 is 4.74 Å². The third-order valence-electron chi connectivity index (χ3n) is 2.48. The van der Waals surface area contributed by atoms with Crippen molar-refractivity contribution in [1.82, 2.24) is 4.98 Å².